The number of hydrogen-bond acceptors (Lipinski definition) is 6. The van der Waals surface area contributed by atoms with Crippen molar-refractivity contribution < 1.29 is 14.4 Å². The summed E-state index contributed by atoms with van der Waals surface area (Å²) in [5, 5.41) is 16.4. The Labute approximate surface area is 202 Å². The van der Waals surface area contributed by atoms with Gasteiger partial charge >= 0.3 is 0 Å². The summed E-state index contributed by atoms with van der Waals surface area (Å²) in [6, 6.07) is 14.5. The van der Waals surface area contributed by atoms with Crippen LogP contribution in [0.1, 0.15) is 42.5 Å². The monoisotopic (exact) mass is 470 g/mol. The highest BCUT2D eigenvalue weighted by Crippen LogP contribution is 2.25. The number of likely N-dealkylation sites (tertiary alicyclic amines) is 1. The average molecular weight is 471 g/mol. The molecule has 2 aromatic carbocycles. The highest BCUT2D eigenvalue weighted by molar-refractivity contribution is 5.93. The Morgan fingerprint density at radius 2 is 1.97 bits per heavy atom. The van der Waals surface area contributed by atoms with Gasteiger partial charge < -0.3 is 21.3 Å². The van der Waals surface area contributed by atoms with E-state index in [4.69, 9.17) is 11.0 Å². The number of hydrogen-bond donors (Lipinski definition) is 3. The number of anilines is 1. The summed E-state index contributed by atoms with van der Waals surface area (Å²) in [6.45, 7) is 2.07. The topological polar surface area (TPSA) is 141 Å². The van der Waals surface area contributed by atoms with Crippen LogP contribution in [-0.2, 0) is 20.9 Å². The zero-order chi connectivity index (χ0) is 24.9. The molecule has 0 saturated carbocycles. The number of aromatic nitrogens is 1. The van der Waals surface area contributed by atoms with Crippen LogP contribution >= 0.6 is 0 Å². The van der Waals surface area contributed by atoms with E-state index in [1.807, 2.05) is 30.3 Å². The number of nitrogens with one attached hydrogen (secondary N) is 2. The standard InChI is InChI=1S/C26H26N6O3/c1-16(33)31-23(19-7-4-17(14-27)5-8-19)26(35)32-12-2-3-22(32)25(34)30-15-18-6-9-21-20(13-18)10-11-29-24(21)28/h4-11,13,22-23H,2-3,12,15H2,1H3,(H2,28,29)(H,30,34)(H,31,33)/t22-,23?/m0/s1. The molecular formula is C26H26N6O3. The Balaban J connectivity index is 1.47. The number of nitrogen functional groups attached to an aromatic ring is 1. The van der Waals surface area contributed by atoms with Gasteiger partial charge in [0.2, 0.25) is 17.7 Å². The van der Waals surface area contributed by atoms with E-state index in [9.17, 15) is 14.4 Å². The Morgan fingerprint density at radius 1 is 1.20 bits per heavy atom. The molecule has 178 valence electrons. The molecule has 1 saturated heterocycles. The van der Waals surface area contributed by atoms with E-state index in [1.165, 1.54) is 11.8 Å². The number of carbonyl (C=O) groups excluding carboxylic acids is 3. The number of pyridine rings is 1. The van der Waals surface area contributed by atoms with Gasteiger partial charge in [-0.25, -0.2) is 4.98 Å². The SMILES string of the molecule is CC(=O)NC(C(=O)N1CCC[C@H]1C(=O)NCc1ccc2c(N)nccc2c1)c1ccc(C#N)cc1. The fourth-order valence-electron chi connectivity index (χ4n) is 4.38. The summed E-state index contributed by atoms with van der Waals surface area (Å²) in [5.41, 5.74) is 7.82. The van der Waals surface area contributed by atoms with Gasteiger partial charge in [-0.2, -0.15) is 5.26 Å². The van der Waals surface area contributed by atoms with Crippen LogP contribution in [0.25, 0.3) is 10.8 Å². The largest absolute Gasteiger partial charge is 0.383 e. The fraction of sp³-hybridized carbons (Fsp3) is 0.269. The predicted octanol–water partition coefficient (Wildman–Crippen LogP) is 2.17. The molecule has 0 bridgehead atoms. The van der Waals surface area contributed by atoms with Crippen LogP contribution in [0.2, 0.25) is 0 Å². The van der Waals surface area contributed by atoms with Crippen LogP contribution in [0.5, 0.6) is 0 Å². The molecule has 35 heavy (non-hydrogen) atoms. The molecule has 4 N–H and O–H groups in total. The third-order valence-corrected chi connectivity index (χ3v) is 6.13. The van der Waals surface area contributed by atoms with Crippen LogP contribution in [0.4, 0.5) is 5.82 Å². The first kappa shape index (κ1) is 23.7. The quantitative estimate of drug-likeness (QED) is 0.504. The van der Waals surface area contributed by atoms with Gasteiger partial charge in [0.15, 0.2) is 0 Å². The van der Waals surface area contributed by atoms with Gasteiger partial charge in [0, 0.05) is 31.6 Å². The molecule has 1 aliphatic rings. The number of nitrogens with zero attached hydrogens (tertiary/aromatic N) is 3. The number of benzene rings is 2. The summed E-state index contributed by atoms with van der Waals surface area (Å²) in [4.78, 5) is 44.0. The van der Waals surface area contributed by atoms with Crippen LogP contribution in [-0.4, -0.2) is 40.2 Å². The summed E-state index contributed by atoms with van der Waals surface area (Å²) < 4.78 is 0. The lowest BCUT2D eigenvalue weighted by Crippen LogP contribution is -2.49. The first-order valence-electron chi connectivity index (χ1n) is 11.4. The van der Waals surface area contributed by atoms with E-state index in [1.54, 1.807) is 30.5 Å². The van der Waals surface area contributed by atoms with Crippen LogP contribution in [0.3, 0.4) is 0 Å². The maximum Gasteiger partial charge on any atom is 0.250 e. The highest BCUT2D eigenvalue weighted by atomic mass is 16.2. The molecule has 3 amide bonds. The number of fused-ring (bicyclic) bond motifs is 1. The number of carbonyl (C=O) groups is 3. The summed E-state index contributed by atoms with van der Waals surface area (Å²) in [5.74, 6) is -0.503. The summed E-state index contributed by atoms with van der Waals surface area (Å²) >= 11 is 0. The molecule has 3 aromatic rings. The molecule has 1 aliphatic heterocycles. The molecule has 2 atom stereocenters. The van der Waals surface area contributed by atoms with Crippen molar-refractivity contribution in [2.45, 2.75) is 38.4 Å². The van der Waals surface area contributed by atoms with Gasteiger partial charge in [-0.3, -0.25) is 14.4 Å². The molecule has 9 nitrogen and oxygen atoms in total. The second kappa shape index (κ2) is 10.2. The van der Waals surface area contributed by atoms with E-state index in [0.29, 0.717) is 42.9 Å². The predicted molar refractivity (Wildman–Crippen MR) is 130 cm³/mol. The normalized spacial score (nSPS) is 15.9. The Kier molecular flexibility index (Phi) is 6.92. The van der Waals surface area contributed by atoms with Crippen LogP contribution in [0.15, 0.2) is 54.7 Å². The van der Waals surface area contributed by atoms with Crippen LogP contribution < -0.4 is 16.4 Å². The molecule has 1 fully saturated rings. The Morgan fingerprint density at radius 3 is 2.69 bits per heavy atom. The van der Waals surface area contributed by atoms with E-state index in [-0.39, 0.29) is 17.7 Å². The van der Waals surface area contributed by atoms with E-state index < -0.39 is 12.1 Å². The van der Waals surface area contributed by atoms with Gasteiger partial charge in [-0.1, -0.05) is 24.3 Å². The van der Waals surface area contributed by atoms with Gasteiger partial charge in [-0.15, -0.1) is 0 Å². The lowest BCUT2D eigenvalue weighted by Gasteiger charge is -2.28. The van der Waals surface area contributed by atoms with Crippen molar-refractivity contribution in [1.82, 2.24) is 20.5 Å². The number of rotatable bonds is 6. The highest BCUT2D eigenvalue weighted by Gasteiger charge is 2.37. The fourth-order valence-corrected chi connectivity index (χ4v) is 4.38. The van der Waals surface area contributed by atoms with E-state index >= 15 is 0 Å². The maximum absolute atomic E-state index is 13.5. The van der Waals surface area contributed by atoms with Crippen LogP contribution in [0, 0.1) is 11.3 Å². The average Bonchev–Trinajstić information content (AvgIpc) is 3.36. The van der Waals surface area contributed by atoms with Crippen molar-refractivity contribution in [1.29, 1.82) is 5.26 Å². The molecule has 1 aromatic heterocycles. The zero-order valence-electron chi connectivity index (χ0n) is 19.3. The second-order valence-corrected chi connectivity index (χ2v) is 8.53. The number of amides is 3. The molecule has 0 radical (unpaired) electrons. The number of nitriles is 1. The molecule has 9 heteroatoms. The van der Waals surface area contributed by atoms with Crippen molar-refractivity contribution in [2.75, 3.05) is 12.3 Å². The number of nitrogens with two attached hydrogens (primary N) is 1. The lowest BCUT2D eigenvalue weighted by molar-refractivity contribution is -0.141. The van der Waals surface area contributed by atoms with Gasteiger partial charge in [0.25, 0.3) is 0 Å². The van der Waals surface area contributed by atoms with Crippen molar-refractivity contribution >= 4 is 34.3 Å². The summed E-state index contributed by atoms with van der Waals surface area (Å²) in [7, 11) is 0. The molecule has 0 aliphatic carbocycles. The first-order chi connectivity index (χ1) is 16.9. The first-order valence-corrected chi connectivity index (χ1v) is 11.4. The molecule has 1 unspecified atom stereocenters. The minimum absolute atomic E-state index is 0.244. The summed E-state index contributed by atoms with van der Waals surface area (Å²) in [6.07, 6.45) is 2.87. The maximum atomic E-state index is 13.5. The molecular weight excluding hydrogens is 444 g/mol. The zero-order valence-corrected chi connectivity index (χ0v) is 19.3. The smallest absolute Gasteiger partial charge is 0.250 e. The minimum Gasteiger partial charge on any atom is -0.383 e. The van der Waals surface area contributed by atoms with E-state index in [0.717, 1.165) is 16.3 Å². The van der Waals surface area contributed by atoms with E-state index in [2.05, 4.69) is 15.6 Å². The van der Waals surface area contributed by atoms with Gasteiger partial charge in [0.05, 0.1) is 11.6 Å². The minimum atomic E-state index is -0.937. The van der Waals surface area contributed by atoms with Gasteiger partial charge in [0.1, 0.15) is 17.9 Å². The third kappa shape index (κ3) is 5.22. The molecule has 4 rings (SSSR count). The van der Waals surface area contributed by atoms with Crippen molar-refractivity contribution in [2.24, 2.45) is 0 Å². The molecule has 0 spiro atoms. The Bertz CT molecular complexity index is 1310. The van der Waals surface area contributed by atoms with Crippen molar-refractivity contribution in [3.63, 3.8) is 0 Å². The third-order valence-electron chi connectivity index (χ3n) is 6.13. The lowest BCUT2D eigenvalue weighted by atomic mass is 10.0. The van der Waals surface area contributed by atoms with Gasteiger partial charge in [-0.05, 0) is 53.6 Å². The molecule has 2 heterocycles. The second-order valence-electron chi connectivity index (χ2n) is 8.53. The Hall–Kier alpha value is -4.45. The van der Waals surface area contributed by atoms with Crippen molar-refractivity contribution in [3.05, 3.63) is 71.4 Å². The van der Waals surface area contributed by atoms with Crippen molar-refractivity contribution in [3.8, 4) is 6.07 Å².